The summed E-state index contributed by atoms with van der Waals surface area (Å²) in [6.07, 6.45) is -1.77. The van der Waals surface area contributed by atoms with Crippen molar-refractivity contribution in [1.82, 2.24) is 0 Å². The molecule has 1 aromatic carbocycles. The summed E-state index contributed by atoms with van der Waals surface area (Å²) in [6, 6.07) is 4.35. The Morgan fingerprint density at radius 2 is 2.00 bits per heavy atom. The Hall–Kier alpha value is -0.840. The van der Waals surface area contributed by atoms with Crippen LogP contribution >= 0.6 is 11.8 Å². The van der Waals surface area contributed by atoms with Crippen LogP contribution in [0, 0.1) is 0 Å². The van der Waals surface area contributed by atoms with Gasteiger partial charge in [-0.25, -0.2) is 0 Å². The molecule has 0 unspecified atom stereocenters. The lowest BCUT2D eigenvalue weighted by molar-refractivity contribution is -0.139. The van der Waals surface area contributed by atoms with Crippen LogP contribution in [-0.4, -0.2) is 12.8 Å². The number of rotatable bonds is 4. The van der Waals surface area contributed by atoms with Crippen LogP contribution < -0.4 is 5.32 Å². The van der Waals surface area contributed by atoms with E-state index in [1.54, 1.807) is 12.3 Å². The number of thioether (sulfide) groups is 1. The van der Waals surface area contributed by atoms with Crippen molar-refractivity contribution in [3.8, 4) is 0 Å². The van der Waals surface area contributed by atoms with Gasteiger partial charge in [-0.1, -0.05) is 6.92 Å². The first-order valence-electron chi connectivity index (χ1n) is 4.98. The van der Waals surface area contributed by atoms with Gasteiger partial charge in [0.2, 0.25) is 0 Å². The summed E-state index contributed by atoms with van der Waals surface area (Å²) in [7, 11) is 0. The van der Waals surface area contributed by atoms with Crippen LogP contribution in [-0.2, 0) is 6.18 Å². The molecule has 1 nitrogen and oxygen atoms in total. The first-order valence-corrected chi connectivity index (χ1v) is 6.20. The fraction of sp³-hybridized carbons (Fsp3) is 0.455. The van der Waals surface area contributed by atoms with Gasteiger partial charge >= 0.3 is 6.18 Å². The van der Waals surface area contributed by atoms with Crippen molar-refractivity contribution in [2.24, 2.45) is 0 Å². The van der Waals surface area contributed by atoms with Crippen LogP contribution in [0.1, 0.15) is 18.9 Å². The Kier molecular flexibility index (Phi) is 4.53. The topological polar surface area (TPSA) is 12.0 Å². The van der Waals surface area contributed by atoms with Crippen LogP contribution in [0.2, 0.25) is 0 Å². The second-order valence-electron chi connectivity index (χ2n) is 3.34. The van der Waals surface area contributed by atoms with E-state index in [-0.39, 0.29) is 4.90 Å². The van der Waals surface area contributed by atoms with Crippen LogP contribution in [0.4, 0.5) is 18.9 Å². The third kappa shape index (κ3) is 3.33. The fourth-order valence-corrected chi connectivity index (χ4v) is 1.91. The van der Waals surface area contributed by atoms with E-state index >= 15 is 0 Å². The predicted octanol–water partition coefficient (Wildman–Crippen LogP) is 4.25. The molecule has 0 aliphatic carbocycles. The Bertz CT molecular complexity index is 350. The summed E-state index contributed by atoms with van der Waals surface area (Å²) in [5.41, 5.74) is -0.0481. The van der Waals surface area contributed by atoms with Crippen LogP contribution in [0.3, 0.4) is 0 Å². The smallest absolute Gasteiger partial charge is 0.385 e. The highest BCUT2D eigenvalue weighted by Crippen LogP contribution is 2.37. The Balaban J connectivity index is 3.02. The maximum atomic E-state index is 12.7. The van der Waals surface area contributed by atoms with Gasteiger partial charge in [-0.3, -0.25) is 0 Å². The van der Waals surface area contributed by atoms with Crippen LogP contribution in [0.15, 0.2) is 23.1 Å². The van der Waals surface area contributed by atoms with Gasteiger partial charge in [0.1, 0.15) is 0 Å². The van der Waals surface area contributed by atoms with E-state index in [1.807, 2.05) is 6.92 Å². The maximum Gasteiger partial charge on any atom is 0.417 e. The molecule has 0 heterocycles. The summed E-state index contributed by atoms with van der Waals surface area (Å²) in [5, 5.41) is 2.95. The van der Waals surface area contributed by atoms with Crippen molar-refractivity contribution in [3.05, 3.63) is 23.8 Å². The van der Waals surface area contributed by atoms with Crippen molar-refractivity contribution >= 4 is 17.4 Å². The second-order valence-corrected chi connectivity index (χ2v) is 4.19. The Morgan fingerprint density at radius 1 is 1.31 bits per heavy atom. The van der Waals surface area contributed by atoms with Gasteiger partial charge in [-0.05, 0) is 30.9 Å². The Labute approximate surface area is 97.4 Å². The number of halogens is 3. The zero-order chi connectivity index (χ0) is 12.2. The minimum Gasteiger partial charge on any atom is -0.385 e. The third-order valence-electron chi connectivity index (χ3n) is 2.08. The molecular formula is C11H14F3NS. The van der Waals surface area contributed by atoms with Crippen molar-refractivity contribution in [1.29, 1.82) is 0 Å². The van der Waals surface area contributed by atoms with E-state index in [0.29, 0.717) is 12.2 Å². The van der Waals surface area contributed by atoms with Crippen LogP contribution in [0.5, 0.6) is 0 Å². The van der Waals surface area contributed by atoms with Gasteiger partial charge in [0, 0.05) is 17.1 Å². The summed E-state index contributed by atoms with van der Waals surface area (Å²) in [5.74, 6) is 0. The molecule has 0 bridgehead atoms. The Morgan fingerprint density at radius 3 is 2.50 bits per heavy atom. The molecule has 1 N–H and O–H groups in total. The second kappa shape index (κ2) is 5.48. The largest absolute Gasteiger partial charge is 0.417 e. The number of alkyl halides is 3. The molecule has 0 aliphatic rings. The zero-order valence-electron chi connectivity index (χ0n) is 9.19. The van der Waals surface area contributed by atoms with Crippen molar-refractivity contribution in [2.75, 3.05) is 18.1 Å². The zero-order valence-corrected chi connectivity index (χ0v) is 10.0. The summed E-state index contributed by atoms with van der Waals surface area (Å²) in [4.78, 5) is 0.259. The van der Waals surface area contributed by atoms with Gasteiger partial charge in [-0.2, -0.15) is 13.2 Å². The van der Waals surface area contributed by atoms with E-state index in [9.17, 15) is 13.2 Å². The molecule has 0 aromatic heterocycles. The first kappa shape index (κ1) is 13.2. The summed E-state index contributed by atoms with van der Waals surface area (Å²) >= 11 is 1.11. The van der Waals surface area contributed by atoms with E-state index in [0.717, 1.165) is 18.2 Å². The summed E-state index contributed by atoms with van der Waals surface area (Å²) < 4.78 is 38.1. The molecule has 0 spiro atoms. The molecule has 90 valence electrons. The molecule has 16 heavy (non-hydrogen) atoms. The van der Waals surface area contributed by atoms with Crippen molar-refractivity contribution in [3.63, 3.8) is 0 Å². The minimum atomic E-state index is -4.29. The van der Waals surface area contributed by atoms with Crippen molar-refractivity contribution in [2.45, 2.75) is 24.4 Å². The normalized spacial score (nSPS) is 11.6. The highest BCUT2D eigenvalue weighted by Gasteiger charge is 2.33. The van der Waals surface area contributed by atoms with Gasteiger partial charge in [0.15, 0.2) is 0 Å². The third-order valence-corrected chi connectivity index (χ3v) is 2.88. The van der Waals surface area contributed by atoms with Gasteiger partial charge in [0.25, 0.3) is 0 Å². The number of hydrogen-bond acceptors (Lipinski definition) is 2. The SMILES string of the molecule is CCCNc1ccc(SC)c(C(F)(F)F)c1. The highest BCUT2D eigenvalue weighted by molar-refractivity contribution is 7.98. The van der Waals surface area contributed by atoms with Gasteiger partial charge < -0.3 is 5.32 Å². The van der Waals surface area contributed by atoms with Gasteiger partial charge in [-0.15, -0.1) is 11.8 Å². The maximum absolute atomic E-state index is 12.7. The molecule has 0 aliphatic heterocycles. The highest BCUT2D eigenvalue weighted by atomic mass is 32.2. The standard InChI is InChI=1S/C11H14F3NS/c1-3-6-15-8-4-5-10(16-2)9(7-8)11(12,13)14/h4-5,7,15H,3,6H2,1-2H3. The van der Waals surface area contributed by atoms with E-state index < -0.39 is 11.7 Å². The molecule has 0 fully saturated rings. The lowest BCUT2D eigenvalue weighted by atomic mass is 10.2. The molecule has 0 saturated heterocycles. The van der Waals surface area contributed by atoms with Crippen molar-refractivity contribution < 1.29 is 13.2 Å². The average Bonchev–Trinajstić information content (AvgIpc) is 2.24. The lowest BCUT2D eigenvalue weighted by Crippen LogP contribution is -2.08. The summed E-state index contributed by atoms with van der Waals surface area (Å²) in [6.45, 7) is 2.64. The monoisotopic (exact) mass is 249 g/mol. The number of nitrogens with one attached hydrogen (secondary N) is 1. The first-order chi connectivity index (χ1) is 7.49. The molecule has 0 radical (unpaired) electrons. The van der Waals surface area contributed by atoms with E-state index in [2.05, 4.69) is 5.32 Å². The van der Waals surface area contributed by atoms with Crippen LogP contribution in [0.25, 0.3) is 0 Å². The number of benzene rings is 1. The predicted molar refractivity (Wildman–Crippen MR) is 62.0 cm³/mol. The molecule has 1 aromatic rings. The molecule has 1 rings (SSSR count). The molecule has 5 heteroatoms. The van der Waals surface area contributed by atoms with E-state index in [4.69, 9.17) is 0 Å². The molecule has 0 amide bonds. The number of hydrogen-bond donors (Lipinski definition) is 1. The minimum absolute atomic E-state index is 0.259. The van der Waals surface area contributed by atoms with Gasteiger partial charge in [0.05, 0.1) is 5.56 Å². The molecular weight excluding hydrogens is 235 g/mol. The number of anilines is 1. The quantitative estimate of drug-likeness (QED) is 0.801. The molecule has 0 atom stereocenters. The lowest BCUT2D eigenvalue weighted by Gasteiger charge is -2.13. The van der Waals surface area contributed by atoms with E-state index in [1.165, 1.54) is 12.1 Å². The average molecular weight is 249 g/mol. The fourth-order valence-electron chi connectivity index (χ4n) is 1.31. The molecule has 0 saturated carbocycles.